The fourth-order valence-corrected chi connectivity index (χ4v) is 5.90. The molecule has 11 heteroatoms. The molecule has 0 radical (unpaired) electrons. The van der Waals surface area contributed by atoms with Gasteiger partial charge in [0, 0.05) is 12.6 Å². The molecule has 2 amide bonds. The molecular weight excluding hydrogens is 513 g/mol. The summed E-state index contributed by atoms with van der Waals surface area (Å²) in [6, 6.07) is 1.38. The molecule has 214 valence electrons. The van der Waals surface area contributed by atoms with Gasteiger partial charge in [-0.2, -0.15) is 8.42 Å². The molecule has 1 unspecified atom stereocenters. The van der Waals surface area contributed by atoms with Crippen molar-refractivity contribution in [3.63, 3.8) is 0 Å². The molecule has 1 atom stereocenters. The van der Waals surface area contributed by atoms with Crippen molar-refractivity contribution in [1.82, 2.24) is 9.62 Å². The van der Waals surface area contributed by atoms with Gasteiger partial charge < -0.3 is 14.4 Å². The second kappa shape index (κ2) is 12.1. The summed E-state index contributed by atoms with van der Waals surface area (Å²) < 4.78 is 56.0. The Hall–Kier alpha value is -2.56. The Morgan fingerprint density at radius 1 is 1.32 bits per heavy atom. The number of fused-ring (bicyclic) bond motifs is 1. The molecule has 9 nitrogen and oxygen atoms in total. The van der Waals surface area contributed by atoms with Gasteiger partial charge in [0.15, 0.2) is 5.82 Å². The number of carbonyl (C=O) groups excluding carboxylic acids is 2. The van der Waals surface area contributed by atoms with Crippen LogP contribution in [0.3, 0.4) is 0 Å². The van der Waals surface area contributed by atoms with Crippen LogP contribution in [0.25, 0.3) is 0 Å². The minimum atomic E-state index is -4.25. The summed E-state index contributed by atoms with van der Waals surface area (Å²) in [7, 11) is -4.25. The van der Waals surface area contributed by atoms with Gasteiger partial charge in [0.25, 0.3) is 5.91 Å². The summed E-state index contributed by atoms with van der Waals surface area (Å²) in [5.74, 6) is -0.998. The Morgan fingerprint density at radius 3 is 2.61 bits per heavy atom. The Kier molecular flexibility index (Phi) is 9.54. The molecule has 2 aliphatic rings. The van der Waals surface area contributed by atoms with E-state index in [1.807, 2.05) is 32.4 Å². The number of hydrogen-bond acceptors (Lipinski definition) is 6. The Labute approximate surface area is 226 Å². The van der Waals surface area contributed by atoms with E-state index in [2.05, 4.69) is 13.8 Å². The Bertz CT molecular complexity index is 1130. The maximum Gasteiger partial charge on any atom is 0.410 e. The van der Waals surface area contributed by atoms with Gasteiger partial charge in [-0.15, -0.1) is 0 Å². The van der Waals surface area contributed by atoms with Gasteiger partial charge in [-0.3, -0.25) is 4.79 Å². The number of nitrogens with zero attached hydrogens (tertiary/aromatic N) is 2. The zero-order valence-corrected chi connectivity index (χ0v) is 24.2. The second-order valence-corrected chi connectivity index (χ2v) is 13.1. The summed E-state index contributed by atoms with van der Waals surface area (Å²) in [6.45, 7) is 11.8. The van der Waals surface area contributed by atoms with Crippen molar-refractivity contribution in [2.75, 3.05) is 24.0 Å². The molecular formula is C27H42FN3O6S. The van der Waals surface area contributed by atoms with Crippen LogP contribution >= 0.6 is 0 Å². The van der Waals surface area contributed by atoms with Crippen LogP contribution in [0.15, 0.2) is 6.07 Å². The van der Waals surface area contributed by atoms with Gasteiger partial charge in [-0.1, -0.05) is 27.2 Å². The smallest absolute Gasteiger partial charge is 0.410 e. The van der Waals surface area contributed by atoms with Crippen LogP contribution < -0.4 is 13.8 Å². The van der Waals surface area contributed by atoms with Gasteiger partial charge in [-0.05, 0) is 82.4 Å². The minimum Gasteiger partial charge on any atom is -0.491 e. The van der Waals surface area contributed by atoms with Gasteiger partial charge in [0.1, 0.15) is 23.6 Å². The summed E-state index contributed by atoms with van der Waals surface area (Å²) in [5.41, 5.74) is 0.134. The van der Waals surface area contributed by atoms with E-state index in [0.29, 0.717) is 50.3 Å². The number of aryl methyl sites for hydroxylation is 1. The summed E-state index contributed by atoms with van der Waals surface area (Å²) >= 11 is 0. The van der Waals surface area contributed by atoms with Gasteiger partial charge in [0.05, 0.1) is 6.61 Å². The van der Waals surface area contributed by atoms with E-state index in [9.17, 15) is 18.0 Å². The molecule has 1 aromatic rings. The quantitative estimate of drug-likeness (QED) is 0.349. The fraction of sp³-hybridized carbons (Fsp3) is 0.704. The molecule has 1 aromatic carbocycles. The highest BCUT2D eigenvalue weighted by Gasteiger charge is 2.40. The number of ether oxygens (including phenoxy) is 2. The van der Waals surface area contributed by atoms with Crippen molar-refractivity contribution in [2.45, 2.75) is 98.1 Å². The number of halogens is 1. The van der Waals surface area contributed by atoms with Crippen molar-refractivity contribution in [2.24, 2.45) is 5.92 Å². The average molecular weight is 556 g/mol. The van der Waals surface area contributed by atoms with E-state index in [-0.39, 0.29) is 23.9 Å². The second-order valence-electron chi connectivity index (χ2n) is 11.5. The number of rotatable bonds is 9. The predicted octanol–water partition coefficient (Wildman–Crippen LogP) is 4.72. The molecule has 1 heterocycles. The lowest BCUT2D eigenvalue weighted by atomic mass is 9.98. The van der Waals surface area contributed by atoms with Crippen LogP contribution in [0.5, 0.6) is 5.75 Å². The normalized spacial score (nSPS) is 19.1. The zero-order valence-electron chi connectivity index (χ0n) is 23.4. The molecule has 1 fully saturated rings. The Balaban J connectivity index is 2.05. The first kappa shape index (κ1) is 30.0. The van der Waals surface area contributed by atoms with Crippen LogP contribution in [0, 0.1) is 11.7 Å². The van der Waals surface area contributed by atoms with Crippen LogP contribution in [0.2, 0.25) is 0 Å². The molecule has 3 rings (SSSR count). The SMILES string of the molecule is CCCCOc1cc2c(c(F)c1N1CC(=O)NS1(=O)=O)CC(N(CCC(C)C)C(=O)OC(C)(C)C)CCC2. The van der Waals surface area contributed by atoms with E-state index in [1.165, 1.54) is 0 Å². The molecule has 1 N–H and O–H groups in total. The highest BCUT2D eigenvalue weighted by atomic mass is 32.2. The lowest BCUT2D eigenvalue weighted by molar-refractivity contribution is -0.117. The number of hydrogen-bond donors (Lipinski definition) is 1. The highest BCUT2D eigenvalue weighted by molar-refractivity contribution is 7.92. The van der Waals surface area contributed by atoms with E-state index >= 15 is 4.39 Å². The summed E-state index contributed by atoms with van der Waals surface area (Å²) in [5, 5.41) is 0. The van der Waals surface area contributed by atoms with Gasteiger partial charge in [-0.25, -0.2) is 18.2 Å². The first-order valence-electron chi connectivity index (χ1n) is 13.5. The molecule has 1 aliphatic heterocycles. The van der Waals surface area contributed by atoms with E-state index in [1.54, 1.807) is 11.0 Å². The largest absolute Gasteiger partial charge is 0.491 e. The number of nitrogens with one attached hydrogen (secondary N) is 1. The lowest BCUT2D eigenvalue weighted by Gasteiger charge is -2.34. The third-order valence-corrected chi connectivity index (χ3v) is 8.04. The molecule has 38 heavy (non-hydrogen) atoms. The number of unbranched alkanes of at least 4 members (excludes halogenated alkanes) is 1. The topological polar surface area (TPSA) is 105 Å². The lowest BCUT2D eigenvalue weighted by Crippen LogP contribution is -2.45. The average Bonchev–Trinajstić information content (AvgIpc) is 2.93. The van der Waals surface area contributed by atoms with Crippen LogP contribution in [-0.2, 0) is 32.6 Å². The predicted molar refractivity (Wildman–Crippen MR) is 144 cm³/mol. The number of anilines is 1. The molecule has 0 spiro atoms. The first-order valence-corrected chi connectivity index (χ1v) is 15.0. The monoisotopic (exact) mass is 555 g/mol. The number of benzene rings is 1. The van der Waals surface area contributed by atoms with Crippen LogP contribution in [0.4, 0.5) is 14.9 Å². The molecule has 0 bridgehead atoms. The van der Waals surface area contributed by atoms with Crippen molar-refractivity contribution in [3.05, 3.63) is 23.0 Å². The van der Waals surface area contributed by atoms with Crippen molar-refractivity contribution >= 4 is 27.9 Å². The van der Waals surface area contributed by atoms with Gasteiger partial charge >= 0.3 is 16.3 Å². The maximum absolute atomic E-state index is 16.4. The highest BCUT2D eigenvalue weighted by Crippen LogP contribution is 2.41. The standard InChI is InChI=1S/C27H42FN3O6S/c1-7-8-14-36-22-15-19-10-9-11-20(30(13-12-18(2)3)26(33)37-27(4,5)6)16-21(19)24(28)25(22)31-17-23(32)29-38(31,34)35/h15,18,20H,7-14,16-17H2,1-6H3,(H,29,32). The Morgan fingerprint density at radius 2 is 2.03 bits per heavy atom. The molecule has 0 saturated carbocycles. The van der Waals surface area contributed by atoms with Crippen molar-refractivity contribution in [1.29, 1.82) is 0 Å². The number of amides is 2. The summed E-state index contributed by atoms with van der Waals surface area (Å²) in [6.07, 6.45) is 4.01. The third-order valence-electron chi connectivity index (χ3n) is 6.66. The first-order chi connectivity index (χ1) is 17.7. The fourth-order valence-electron chi connectivity index (χ4n) is 4.74. The van der Waals surface area contributed by atoms with Crippen LogP contribution in [-0.4, -0.2) is 56.7 Å². The van der Waals surface area contributed by atoms with Crippen LogP contribution in [0.1, 0.15) is 84.8 Å². The maximum atomic E-state index is 16.4. The molecule has 1 aliphatic carbocycles. The molecule has 0 aromatic heterocycles. The minimum absolute atomic E-state index is 0.108. The third kappa shape index (κ3) is 7.30. The molecule has 1 saturated heterocycles. The van der Waals surface area contributed by atoms with Gasteiger partial charge in [0.2, 0.25) is 0 Å². The number of carbonyl (C=O) groups is 2. The summed E-state index contributed by atoms with van der Waals surface area (Å²) in [4.78, 5) is 26.9. The van der Waals surface area contributed by atoms with Crippen molar-refractivity contribution < 1.29 is 31.9 Å². The van der Waals surface area contributed by atoms with Crippen molar-refractivity contribution in [3.8, 4) is 5.75 Å². The van der Waals surface area contributed by atoms with E-state index in [0.717, 1.165) is 22.7 Å². The van der Waals surface area contributed by atoms with E-state index in [4.69, 9.17) is 9.47 Å². The zero-order chi connectivity index (χ0) is 28.3. The van der Waals surface area contributed by atoms with E-state index < -0.39 is 40.2 Å².